The number of thioether (sulfide) groups is 1. The van der Waals surface area contributed by atoms with Crippen LogP contribution in [0.5, 0.6) is 5.75 Å². The third kappa shape index (κ3) is 5.41. The lowest BCUT2D eigenvalue weighted by molar-refractivity contribution is -0.125. The summed E-state index contributed by atoms with van der Waals surface area (Å²) in [6.45, 7) is 6.91. The third-order valence-corrected chi connectivity index (χ3v) is 8.06. The number of primary amides is 1. The topological polar surface area (TPSA) is 79.1 Å². The number of para-hydroxylation sites is 1. The number of rotatable bonds is 9. The van der Waals surface area contributed by atoms with Crippen LogP contribution in [0, 0.1) is 5.82 Å². The van der Waals surface area contributed by atoms with E-state index in [2.05, 4.69) is 9.80 Å². The van der Waals surface area contributed by atoms with E-state index in [4.69, 9.17) is 10.5 Å². The number of hydrogen-bond donors (Lipinski definition) is 1. The summed E-state index contributed by atoms with van der Waals surface area (Å²) in [6.07, 6.45) is 1.05. The summed E-state index contributed by atoms with van der Waals surface area (Å²) in [6, 6.07) is 13.6. The first-order valence-corrected chi connectivity index (χ1v) is 13.1. The van der Waals surface area contributed by atoms with Crippen LogP contribution in [0.4, 0.5) is 14.9 Å². The van der Waals surface area contributed by atoms with Crippen molar-refractivity contribution in [1.29, 1.82) is 0 Å². The Morgan fingerprint density at radius 1 is 1.09 bits per heavy atom. The average Bonchev–Trinajstić information content (AvgIpc) is 3.32. The number of ketones is 1. The Morgan fingerprint density at radius 3 is 2.57 bits per heavy atom. The van der Waals surface area contributed by atoms with Gasteiger partial charge in [-0.25, -0.2) is 9.18 Å². The van der Waals surface area contributed by atoms with Crippen molar-refractivity contribution in [3.8, 4) is 5.75 Å². The van der Waals surface area contributed by atoms with Gasteiger partial charge in [0.1, 0.15) is 18.2 Å². The molecule has 2 aromatic rings. The maximum atomic E-state index is 13.6. The zero-order valence-electron chi connectivity index (χ0n) is 20.1. The van der Waals surface area contributed by atoms with Gasteiger partial charge in [-0.3, -0.25) is 14.6 Å². The van der Waals surface area contributed by atoms with Crippen LogP contribution in [0.15, 0.2) is 48.5 Å². The van der Waals surface area contributed by atoms with Crippen molar-refractivity contribution in [3.63, 3.8) is 0 Å². The number of hydrogen-bond acceptors (Lipinski definition) is 6. The molecule has 2 heterocycles. The number of halogens is 1. The van der Waals surface area contributed by atoms with Crippen LogP contribution in [0.2, 0.25) is 0 Å². The number of amides is 2. The summed E-state index contributed by atoms with van der Waals surface area (Å²) in [5.41, 5.74) is 7.30. The predicted octanol–water partition coefficient (Wildman–Crippen LogP) is 3.68. The van der Waals surface area contributed by atoms with E-state index in [1.54, 1.807) is 12.1 Å². The van der Waals surface area contributed by atoms with E-state index in [1.165, 1.54) is 22.7 Å². The van der Waals surface area contributed by atoms with Crippen LogP contribution < -0.4 is 15.4 Å². The number of carbonyl (C=O) groups is 2. The van der Waals surface area contributed by atoms with Crippen molar-refractivity contribution < 1.29 is 18.7 Å². The fourth-order valence-electron chi connectivity index (χ4n) is 4.85. The van der Waals surface area contributed by atoms with E-state index in [0.29, 0.717) is 43.1 Å². The largest absolute Gasteiger partial charge is 0.492 e. The molecule has 2 amide bonds. The molecule has 0 radical (unpaired) electrons. The van der Waals surface area contributed by atoms with Crippen LogP contribution in [0.3, 0.4) is 0 Å². The van der Waals surface area contributed by atoms with E-state index in [-0.39, 0.29) is 11.6 Å². The second kappa shape index (κ2) is 11.3. The minimum Gasteiger partial charge on any atom is -0.492 e. The first-order valence-electron chi connectivity index (χ1n) is 12.1. The van der Waals surface area contributed by atoms with Gasteiger partial charge in [0.2, 0.25) is 0 Å². The van der Waals surface area contributed by atoms with Gasteiger partial charge in [-0.2, -0.15) is 0 Å². The average molecular weight is 501 g/mol. The van der Waals surface area contributed by atoms with Crippen LogP contribution >= 0.6 is 11.8 Å². The van der Waals surface area contributed by atoms with Crippen LogP contribution in [-0.4, -0.2) is 73.2 Å². The van der Waals surface area contributed by atoms with Crippen molar-refractivity contribution >= 4 is 29.3 Å². The molecule has 0 bridgehead atoms. The molecule has 2 aliphatic rings. The SMILES string of the molecule is CCCC(=O)C1(c2ccccc2OCCN2CCN(c3cccc(F)c3)CC2)SCCN1C(N)=O. The highest BCUT2D eigenvalue weighted by atomic mass is 32.2. The quantitative estimate of drug-likeness (QED) is 0.566. The number of urea groups is 1. The third-order valence-electron chi connectivity index (χ3n) is 6.59. The highest BCUT2D eigenvalue weighted by molar-refractivity contribution is 8.01. The number of ether oxygens (including phenoxy) is 1. The summed E-state index contributed by atoms with van der Waals surface area (Å²) in [4.78, 5) is 30.5. The Bertz CT molecular complexity index is 1050. The van der Waals surface area contributed by atoms with Gasteiger partial charge >= 0.3 is 6.03 Å². The Labute approximate surface area is 210 Å². The summed E-state index contributed by atoms with van der Waals surface area (Å²) in [7, 11) is 0. The monoisotopic (exact) mass is 500 g/mol. The van der Waals surface area contributed by atoms with Gasteiger partial charge in [0.25, 0.3) is 0 Å². The van der Waals surface area contributed by atoms with Gasteiger partial charge in [-0.15, -0.1) is 11.8 Å². The molecule has 2 aliphatic heterocycles. The van der Waals surface area contributed by atoms with E-state index in [1.807, 2.05) is 37.3 Å². The number of carbonyl (C=O) groups excluding carboxylic acids is 2. The lowest BCUT2D eigenvalue weighted by Gasteiger charge is -2.37. The van der Waals surface area contributed by atoms with Gasteiger partial charge in [0.05, 0.1) is 0 Å². The second-order valence-electron chi connectivity index (χ2n) is 8.81. The van der Waals surface area contributed by atoms with Crippen molar-refractivity contribution in [2.45, 2.75) is 24.6 Å². The zero-order valence-corrected chi connectivity index (χ0v) is 20.9. The number of Topliss-reactive ketones (excluding diaryl/α,β-unsaturated/α-hetero) is 1. The fourth-order valence-corrected chi connectivity index (χ4v) is 6.34. The number of nitrogens with two attached hydrogens (primary N) is 1. The normalized spacial score (nSPS) is 20.7. The number of piperazine rings is 1. The number of anilines is 1. The van der Waals surface area contributed by atoms with Crippen LogP contribution in [0.1, 0.15) is 25.3 Å². The molecule has 188 valence electrons. The Morgan fingerprint density at radius 2 is 1.86 bits per heavy atom. The molecule has 2 saturated heterocycles. The van der Waals surface area contributed by atoms with Crippen molar-refractivity contribution in [3.05, 3.63) is 59.9 Å². The molecule has 0 aromatic heterocycles. The van der Waals surface area contributed by atoms with E-state index in [9.17, 15) is 14.0 Å². The van der Waals surface area contributed by atoms with Gasteiger partial charge in [0.15, 0.2) is 10.7 Å². The Balaban J connectivity index is 1.41. The molecule has 1 atom stereocenters. The molecule has 0 spiro atoms. The lowest BCUT2D eigenvalue weighted by atomic mass is 9.96. The zero-order chi connectivity index (χ0) is 24.8. The van der Waals surface area contributed by atoms with Crippen molar-refractivity contribution in [2.24, 2.45) is 5.73 Å². The van der Waals surface area contributed by atoms with Crippen LogP contribution in [0.25, 0.3) is 0 Å². The van der Waals surface area contributed by atoms with E-state index in [0.717, 1.165) is 38.4 Å². The molecule has 9 heteroatoms. The van der Waals surface area contributed by atoms with Gasteiger partial charge in [-0.1, -0.05) is 31.2 Å². The molecule has 0 aliphatic carbocycles. The summed E-state index contributed by atoms with van der Waals surface area (Å²) >= 11 is 1.46. The van der Waals surface area contributed by atoms with E-state index < -0.39 is 10.9 Å². The predicted molar refractivity (Wildman–Crippen MR) is 137 cm³/mol. The standard InChI is InChI=1S/C26H33FN4O3S/c1-2-6-24(32)26(31(25(28)33)16-18-35-26)22-9-3-4-10-23(22)34-17-15-29-11-13-30(14-12-29)21-8-5-7-20(27)19-21/h3-5,7-10,19H,2,6,11-18H2,1H3,(H2,28,33). The van der Waals surface area contributed by atoms with Crippen molar-refractivity contribution in [1.82, 2.24) is 9.80 Å². The summed E-state index contributed by atoms with van der Waals surface area (Å²) in [5, 5.41) is 0. The maximum absolute atomic E-state index is 13.6. The maximum Gasteiger partial charge on any atom is 0.316 e. The molecule has 4 rings (SSSR count). The summed E-state index contributed by atoms with van der Waals surface area (Å²) in [5.74, 6) is 1.01. The smallest absolute Gasteiger partial charge is 0.316 e. The number of benzene rings is 2. The first-order chi connectivity index (χ1) is 17.0. The molecule has 0 saturated carbocycles. The minimum absolute atomic E-state index is 0.0224. The highest BCUT2D eigenvalue weighted by Crippen LogP contribution is 2.49. The fraction of sp³-hybridized carbons (Fsp3) is 0.462. The second-order valence-corrected chi connectivity index (χ2v) is 10.1. The van der Waals surface area contributed by atoms with Gasteiger partial charge < -0.3 is 15.4 Å². The Kier molecular flexibility index (Phi) is 8.18. The first kappa shape index (κ1) is 25.3. The Hall–Kier alpha value is -2.78. The minimum atomic E-state index is -1.14. The molecule has 2 N–H and O–H groups in total. The molecule has 7 nitrogen and oxygen atoms in total. The van der Waals surface area contributed by atoms with Gasteiger partial charge in [0, 0.05) is 62.7 Å². The molecule has 1 unspecified atom stereocenters. The van der Waals surface area contributed by atoms with Gasteiger partial charge in [-0.05, 0) is 30.7 Å². The summed E-state index contributed by atoms with van der Waals surface area (Å²) < 4.78 is 19.8. The highest BCUT2D eigenvalue weighted by Gasteiger charge is 2.52. The van der Waals surface area contributed by atoms with Crippen LogP contribution in [-0.2, 0) is 9.67 Å². The lowest BCUT2D eigenvalue weighted by Crippen LogP contribution is -2.51. The van der Waals surface area contributed by atoms with E-state index >= 15 is 0 Å². The van der Waals surface area contributed by atoms with Crippen molar-refractivity contribution in [2.75, 3.05) is 56.5 Å². The molecule has 2 aromatic carbocycles. The molecule has 2 fully saturated rings. The number of nitrogens with zero attached hydrogens (tertiary/aromatic N) is 3. The molecule has 35 heavy (non-hydrogen) atoms. The molecular formula is C26H33FN4O3S. The molecular weight excluding hydrogens is 467 g/mol.